The highest BCUT2D eigenvalue weighted by Crippen LogP contribution is 2.33. The van der Waals surface area contributed by atoms with Gasteiger partial charge in [0.25, 0.3) is 0 Å². The van der Waals surface area contributed by atoms with Crippen molar-refractivity contribution < 1.29 is 14.0 Å². The van der Waals surface area contributed by atoms with E-state index in [4.69, 9.17) is 5.73 Å². The van der Waals surface area contributed by atoms with E-state index >= 15 is 0 Å². The Morgan fingerprint density at radius 3 is 2.68 bits per heavy atom. The van der Waals surface area contributed by atoms with Crippen LogP contribution in [0.3, 0.4) is 0 Å². The van der Waals surface area contributed by atoms with Crippen molar-refractivity contribution in [2.45, 2.75) is 13.5 Å². The van der Waals surface area contributed by atoms with Gasteiger partial charge in [-0.05, 0) is 42.0 Å². The van der Waals surface area contributed by atoms with Crippen LogP contribution in [-0.2, 0) is 11.3 Å². The van der Waals surface area contributed by atoms with E-state index in [-0.39, 0.29) is 5.91 Å². The topological polar surface area (TPSA) is 77.1 Å². The second-order valence-corrected chi connectivity index (χ2v) is 6.57. The molecule has 2 amide bonds. The number of primary amides is 1. The zero-order valence-electron chi connectivity index (χ0n) is 15.1. The summed E-state index contributed by atoms with van der Waals surface area (Å²) in [5.74, 6) is -1.15. The predicted molar refractivity (Wildman–Crippen MR) is 107 cm³/mol. The van der Waals surface area contributed by atoms with Crippen LogP contribution in [0.5, 0.6) is 0 Å². The number of halogens is 1. The Labute approximate surface area is 160 Å². The van der Waals surface area contributed by atoms with Crippen LogP contribution < -0.4 is 11.1 Å². The number of nitrogens with zero attached hydrogens (tertiary/aromatic N) is 1. The molecular formula is C22H17FN3O2. The first-order chi connectivity index (χ1) is 13.5. The molecule has 3 aromatic carbocycles. The number of nitrogens with one attached hydrogen (secondary N) is 1. The van der Waals surface area contributed by atoms with Crippen molar-refractivity contribution in [3.05, 3.63) is 77.6 Å². The van der Waals surface area contributed by atoms with Gasteiger partial charge in [0.2, 0.25) is 11.8 Å². The molecule has 4 rings (SSSR count). The maximum atomic E-state index is 14.0. The minimum Gasteiger partial charge on any atom is -0.366 e. The van der Waals surface area contributed by atoms with Crippen LogP contribution >= 0.6 is 0 Å². The summed E-state index contributed by atoms with van der Waals surface area (Å²) in [6, 6.07) is 18.3. The number of anilines is 1. The molecule has 0 aliphatic rings. The lowest BCUT2D eigenvalue weighted by molar-refractivity contribution is -0.114. The molecule has 4 aromatic rings. The molecule has 0 atom stereocenters. The number of carbonyl (C=O) groups excluding carboxylic acids is 2. The fourth-order valence-corrected chi connectivity index (χ4v) is 3.55. The number of aromatic nitrogens is 1. The first-order valence-electron chi connectivity index (χ1n) is 8.73. The summed E-state index contributed by atoms with van der Waals surface area (Å²) in [4.78, 5) is 23.5. The second-order valence-electron chi connectivity index (χ2n) is 6.57. The molecule has 5 nitrogen and oxygen atoms in total. The number of nitrogens with two attached hydrogens (primary N) is 1. The molecule has 0 fully saturated rings. The molecule has 0 aliphatic heterocycles. The lowest BCUT2D eigenvalue weighted by atomic mass is 10.1. The zero-order chi connectivity index (χ0) is 19.8. The average Bonchev–Trinajstić information content (AvgIpc) is 2.96. The van der Waals surface area contributed by atoms with Gasteiger partial charge in [0, 0.05) is 28.9 Å². The molecular weight excluding hydrogens is 357 g/mol. The maximum Gasteiger partial charge on any atom is 0.249 e. The van der Waals surface area contributed by atoms with E-state index in [9.17, 15) is 14.0 Å². The Hall–Kier alpha value is -3.67. The van der Waals surface area contributed by atoms with E-state index in [1.54, 1.807) is 12.1 Å². The Kier molecular flexibility index (Phi) is 4.31. The second kappa shape index (κ2) is 6.81. The first kappa shape index (κ1) is 17.7. The Bertz CT molecular complexity index is 1240. The summed E-state index contributed by atoms with van der Waals surface area (Å²) >= 11 is 0. The lowest BCUT2D eigenvalue weighted by Crippen LogP contribution is -2.11. The van der Waals surface area contributed by atoms with Gasteiger partial charge in [-0.15, -0.1) is 0 Å². The van der Waals surface area contributed by atoms with Gasteiger partial charge in [-0.1, -0.05) is 24.3 Å². The van der Waals surface area contributed by atoms with Gasteiger partial charge in [-0.3, -0.25) is 9.59 Å². The molecule has 6 heteroatoms. The van der Waals surface area contributed by atoms with E-state index in [1.807, 2.05) is 34.9 Å². The summed E-state index contributed by atoms with van der Waals surface area (Å²) in [7, 11) is 0. The number of fused-ring (bicyclic) bond motifs is 3. The van der Waals surface area contributed by atoms with Crippen LogP contribution in [0, 0.1) is 11.9 Å². The Morgan fingerprint density at radius 1 is 1.14 bits per heavy atom. The number of amides is 2. The highest BCUT2D eigenvalue weighted by atomic mass is 19.1. The van der Waals surface area contributed by atoms with E-state index in [2.05, 4.69) is 11.4 Å². The fourth-order valence-electron chi connectivity index (χ4n) is 3.55. The molecule has 0 aliphatic carbocycles. The molecule has 1 aromatic heterocycles. The number of hydrogen-bond donors (Lipinski definition) is 2. The third-order valence-electron chi connectivity index (χ3n) is 4.68. The van der Waals surface area contributed by atoms with E-state index in [0.717, 1.165) is 11.1 Å². The molecule has 0 saturated carbocycles. The first-order valence-corrected chi connectivity index (χ1v) is 8.73. The van der Waals surface area contributed by atoms with Crippen LogP contribution in [0.1, 0.15) is 22.8 Å². The molecule has 0 spiro atoms. The van der Waals surface area contributed by atoms with Crippen LogP contribution in [0.25, 0.3) is 21.8 Å². The highest BCUT2D eigenvalue weighted by molar-refractivity contribution is 6.17. The summed E-state index contributed by atoms with van der Waals surface area (Å²) in [6.07, 6.45) is 0. The minimum atomic E-state index is -0.555. The smallest absolute Gasteiger partial charge is 0.249 e. The number of carbonyl (C=O) groups is 2. The molecule has 0 bridgehead atoms. The summed E-state index contributed by atoms with van der Waals surface area (Å²) in [5.41, 5.74) is 8.79. The fraction of sp³-hybridized carbons (Fsp3) is 0.0909. The Balaban J connectivity index is 1.99. The molecule has 1 heterocycles. The van der Waals surface area contributed by atoms with Crippen molar-refractivity contribution in [2.24, 2.45) is 5.73 Å². The molecule has 0 saturated heterocycles. The van der Waals surface area contributed by atoms with E-state index in [1.165, 1.54) is 19.1 Å². The van der Waals surface area contributed by atoms with Gasteiger partial charge in [0.15, 0.2) is 0 Å². The largest absolute Gasteiger partial charge is 0.366 e. The summed E-state index contributed by atoms with van der Waals surface area (Å²) in [6.45, 7) is 1.82. The molecule has 3 N–H and O–H groups in total. The van der Waals surface area contributed by atoms with Crippen LogP contribution in [-0.4, -0.2) is 16.4 Å². The van der Waals surface area contributed by atoms with Crippen molar-refractivity contribution in [1.82, 2.24) is 4.57 Å². The van der Waals surface area contributed by atoms with E-state index < -0.39 is 11.7 Å². The van der Waals surface area contributed by atoms with Crippen LogP contribution in [0.4, 0.5) is 10.1 Å². The van der Waals surface area contributed by atoms with Gasteiger partial charge >= 0.3 is 0 Å². The lowest BCUT2D eigenvalue weighted by Gasteiger charge is -2.13. The Morgan fingerprint density at radius 2 is 1.93 bits per heavy atom. The van der Waals surface area contributed by atoms with Crippen LogP contribution in [0.2, 0.25) is 0 Å². The quantitative estimate of drug-likeness (QED) is 0.569. The van der Waals surface area contributed by atoms with E-state index in [0.29, 0.717) is 34.1 Å². The minimum absolute atomic E-state index is 0.176. The van der Waals surface area contributed by atoms with Crippen LogP contribution in [0.15, 0.2) is 54.6 Å². The molecule has 1 radical (unpaired) electrons. The van der Waals surface area contributed by atoms with Crippen molar-refractivity contribution >= 4 is 39.3 Å². The number of rotatable bonds is 4. The third kappa shape index (κ3) is 2.99. The van der Waals surface area contributed by atoms with Gasteiger partial charge in [-0.2, -0.15) is 0 Å². The average molecular weight is 374 g/mol. The van der Waals surface area contributed by atoms with Crippen molar-refractivity contribution in [3.63, 3.8) is 0 Å². The normalized spacial score (nSPS) is 11.1. The monoisotopic (exact) mass is 374 g/mol. The number of hydrogen-bond acceptors (Lipinski definition) is 2. The molecule has 139 valence electrons. The van der Waals surface area contributed by atoms with Gasteiger partial charge < -0.3 is 15.6 Å². The molecule has 28 heavy (non-hydrogen) atoms. The van der Waals surface area contributed by atoms with Crippen molar-refractivity contribution in [1.29, 1.82) is 0 Å². The van der Waals surface area contributed by atoms with Gasteiger partial charge in [0.05, 0.1) is 17.6 Å². The standard InChI is InChI=1S/C22H17FN3O2/c1-13(27)25-18-7-3-2-5-14(18)12-26-19-8-4-6-17(22(24)28)21(19)16-10-9-15(23)11-20(16)26/h2-9,11H,12H2,1H3,(H2,24,28)(H,25,27). The molecule has 0 unspecified atom stereocenters. The predicted octanol–water partition coefficient (Wildman–Crippen LogP) is 3.84. The van der Waals surface area contributed by atoms with Crippen molar-refractivity contribution in [2.75, 3.05) is 5.32 Å². The summed E-state index contributed by atoms with van der Waals surface area (Å²) in [5, 5.41) is 4.08. The van der Waals surface area contributed by atoms with Gasteiger partial charge in [0.1, 0.15) is 5.82 Å². The highest BCUT2D eigenvalue weighted by Gasteiger charge is 2.18. The maximum absolute atomic E-state index is 14.0. The SMILES string of the molecule is CC(=O)Nc1ccccc1Cn1c2cc(F)c[c]c2c2c(C(N)=O)cccc21. The zero-order valence-corrected chi connectivity index (χ0v) is 15.1. The third-order valence-corrected chi connectivity index (χ3v) is 4.68. The van der Waals surface area contributed by atoms with Crippen molar-refractivity contribution in [3.8, 4) is 0 Å². The van der Waals surface area contributed by atoms with Gasteiger partial charge in [-0.25, -0.2) is 4.39 Å². The number of benzene rings is 3. The summed E-state index contributed by atoms with van der Waals surface area (Å²) < 4.78 is 15.9. The number of para-hydroxylation sites is 1.